The van der Waals surface area contributed by atoms with E-state index >= 15 is 0 Å². The van der Waals surface area contributed by atoms with Crippen molar-refractivity contribution in [1.29, 1.82) is 0 Å². The van der Waals surface area contributed by atoms with Crippen LogP contribution < -0.4 is 5.32 Å². The molecule has 27 heavy (non-hydrogen) atoms. The van der Waals surface area contributed by atoms with Crippen molar-refractivity contribution in [3.8, 4) is 0 Å². The van der Waals surface area contributed by atoms with Crippen molar-refractivity contribution in [1.82, 2.24) is 4.31 Å². The minimum atomic E-state index is -3.84. The first-order valence-corrected chi connectivity index (χ1v) is 10.1. The summed E-state index contributed by atoms with van der Waals surface area (Å²) >= 11 is 6.08. The van der Waals surface area contributed by atoms with Crippen molar-refractivity contribution < 1.29 is 22.3 Å². The zero-order chi connectivity index (χ0) is 19.6. The fraction of sp³-hybridized carbons (Fsp3) is 0.278. The average molecular weight is 413 g/mol. The van der Waals surface area contributed by atoms with E-state index in [2.05, 4.69) is 5.32 Å². The minimum Gasteiger partial charge on any atom is -0.379 e. The Labute approximate surface area is 161 Å². The average Bonchev–Trinajstić information content (AvgIpc) is 2.65. The van der Waals surface area contributed by atoms with Crippen molar-refractivity contribution in [2.24, 2.45) is 0 Å². The van der Waals surface area contributed by atoms with Crippen LogP contribution >= 0.6 is 11.6 Å². The van der Waals surface area contributed by atoms with Gasteiger partial charge in [-0.3, -0.25) is 4.79 Å². The highest BCUT2D eigenvalue weighted by Gasteiger charge is 2.28. The van der Waals surface area contributed by atoms with Crippen molar-refractivity contribution >= 4 is 33.2 Å². The molecular formula is C18H18ClFN2O4S. The lowest BCUT2D eigenvalue weighted by Crippen LogP contribution is -2.40. The van der Waals surface area contributed by atoms with E-state index < -0.39 is 21.7 Å². The maximum atomic E-state index is 14.2. The molecule has 2 aromatic carbocycles. The van der Waals surface area contributed by atoms with Gasteiger partial charge < -0.3 is 10.1 Å². The van der Waals surface area contributed by atoms with E-state index in [-0.39, 0.29) is 23.5 Å². The number of halogens is 2. The molecule has 1 aliphatic rings. The SMILES string of the molecule is Cc1ccc(NC(=O)c2cc(S(=O)(=O)N3CCOCC3)ccc2F)c(Cl)c1. The molecule has 144 valence electrons. The molecule has 0 atom stereocenters. The molecule has 0 aromatic heterocycles. The second-order valence-corrected chi connectivity index (χ2v) is 8.44. The maximum absolute atomic E-state index is 14.2. The number of amides is 1. The van der Waals surface area contributed by atoms with Gasteiger partial charge in [0.15, 0.2) is 0 Å². The highest BCUT2D eigenvalue weighted by Crippen LogP contribution is 2.25. The van der Waals surface area contributed by atoms with Crippen LogP contribution in [0.4, 0.5) is 10.1 Å². The first kappa shape index (κ1) is 19.8. The number of benzene rings is 2. The van der Waals surface area contributed by atoms with Crippen LogP contribution in [0, 0.1) is 12.7 Å². The van der Waals surface area contributed by atoms with E-state index in [0.717, 1.165) is 23.8 Å². The quantitative estimate of drug-likeness (QED) is 0.837. The summed E-state index contributed by atoms with van der Waals surface area (Å²) in [5.41, 5.74) is 0.844. The van der Waals surface area contributed by atoms with E-state index in [0.29, 0.717) is 23.9 Å². The van der Waals surface area contributed by atoms with Gasteiger partial charge in [0, 0.05) is 13.1 Å². The monoisotopic (exact) mass is 412 g/mol. The van der Waals surface area contributed by atoms with Gasteiger partial charge in [0.2, 0.25) is 10.0 Å². The Morgan fingerprint density at radius 1 is 1.19 bits per heavy atom. The van der Waals surface area contributed by atoms with Gasteiger partial charge in [-0.1, -0.05) is 17.7 Å². The first-order valence-electron chi connectivity index (χ1n) is 8.24. The molecule has 6 nitrogen and oxygen atoms in total. The molecule has 0 spiro atoms. The number of carbonyl (C=O) groups excluding carboxylic acids is 1. The second-order valence-electron chi connectivity index (χ2n) is 6.10. The Bertz CT molecular complexity index is 975. The molecule has 2 aromatic rings. The van der Waals surface area contributed by atoms with Crippen LogP contribution in [0.15, 0.2) is 41.3 Å². The number of ether oxygens (including phenoxy) is 1. The summed E-state index contributed by atoms with van der Waals surface area (Å²) in [5.74, 6) is -1.60. The van der Waals surface area contributed by atoms with Crippen LogP contribution in [0.2, 0.25) is 5.02 Å². The summed E-state index contributed by atoms with van der Waals surface area (Å²) in [6.07, 6.45) is 0. The molecule has 1 fully saturated rings. The number of nitrogens with zero attached hydrogens (tertiary/aromatic N) is 1. The van der Waals surface area contributed by atoms with Crippen LogP contribution in [0.1, 0.15) is 15.9 Å². The van der Waals surface area contributed by atoms with Crippen molar-refractivity contribution in [2.75, 3.05) is 31.6 Å². The normalized spacial score (nSPS) is 15.5. The molecular weight excluding hydrogens is 395 g/mol. The third kappa shape index (κ3) is 4.30. The van der Waals surface area contributed by atoms with Crippen LogP contribution in [-0.2, 0) is 14.8 Å². The third-order valence-electron chi connectivity index (χ3n) is 4.16. The number of sulfonamides is 1. The summed E-state index contributed by atoms with van der Waals surface area (Å²) in [6, 6.07) is 8.16. The van der Waals surface area contributed by atoms with E-state index in [1.807, 2.05) is 6.92 Å². The number of nitrogens with one attached hydrogen (secondary N) is 1. The highest BCUT2D eigenvalue weighted by atomic mass is 35.5. The zero-order valence-electron chi connectivity index (χ0n) is 14.5. The Morgan fingerprint density at radius 3 is 2.56 bits per heavy atom. The van der Waals surface area contributed by atoms with Crippen LogP contribution in [0.3, 0.4) is 0 Å². The molecule has 1 heterocycles. The van der Waals surface area contributed by atoms with Gasteiger partial charge in [-0.25, -0.2) is 12.8 Å². The Kier molecular flexibility index (Phi) is 5.81. The third-order valence-corrected chi connectivity index (χ3v) is 6.37. The van der Waals surface area contributed by atoms with Gasteiger partial charge >= 0.3 is 0 Å². The first-order chi connectivity index (χ1) is 12.8. The molecule has 0 radical (unpaired) electrons. The molecule has 1 aliphatic heterocycles. The van der Waals surface area contributed by atoms with E-state index in [9.17, 15) is 17.6 Å². The van der Waals surface area contributed by atoms with E-state index in [1.165, 1.54) is 4.31 Å². The number of carbonyl (C=O) groups is 1. The van der Waals surface area contributed by atoms with Crippen LogP contribution in [0.25, 0.3) is 0 Å². The molecule has 1 N–H and O–H groups in total. The number of hydrogen-bond donors (Lipinski definition) is 1. The number of hydrogen-bond acceptors (Lipinski definition) is 4. The van der Waals surface area contributed by atoms with Crippen molar-refractivity contribution in [2.45, 2.75) is 11.8 Å². The van der Waals surface area contributed by atoms with E-state index in [1.54, 1.807) is 18.2 Å². The summed E-state index contributed by atoms with van der Waals surface area (Å²) in [5, 5.41) is 2.82. The van der Waals surface area contributed by atoms with Gasteiger partial charge in [-0.2, -0.15) is 4.31 Å². The Morgan fingerprint density at radius 2 is 1.89 bits per heavy atom. The molecule has 0 aliphatic carbocycles. The number of rotatable bonds is 4. The molecule has 9 heteroatoms. The molecule has 3 rings (SSSR count). The molecule has 1 amide bonds. The minimum absolute atomic E-state index is 0.147. The van der Waals surface area contributed by atoms with Crippen LogP contribution in [-0.4, -0.2) is 44.9 Å². The molecule has 0 unspecified atom stereocenters. The number of anilines is 1. The van der Waals surface area contributed by atoms with Gasteiger partial charge in [0.05, 0.1) is 34.4 Å². The van der Waals surface area contributed by atoms with Gasteiger partial charge in [0.1, 0.15) is 5.82 Å². The Balaban J connectivity index is 1.89. The molecule has 1 saturated heterocycles. The zero-order valence-corrected chi connectivity index (χ0v) is 16.1. The van der Waals surface area contributed by atoms with Crippen LogP contribution in [0.5, 0.6) is 0 Å². The fourth-order valence-electron chi connectivity index (χ4n) is 2.69. The van der Waals surface area contributed by atoms with Crippen molar-refractivity contribution in [3.63, 3.8) is 0 Å². The molecule has 0 saturated carbocycles. The number of morpholine rings is 1. The lowest BCUT2D eigenvalue weighted by atomic mass is 10.2. The van der Waals surface area contributed by atoms with Crippen molar-refractivity contribution in [3.05, 3.63) is 58.4 Å². The fourth-order valence-corrected chi connectivity index (χ4v) is 4.40. The van der Waals surface area contributed by atoms with E-state index in [4.69, 9.17) is 16.3 Å². The maximum Gasteiger partial charge on any atom is 0.258 e. The summed E-state index contributed by atoms with van der Waals surface area (Å²) in [4.78, 5) is 12.3. The Hall–Kier alpha value is -2.00. The number of aryl methyl sites for hydroxylation is 1. The summed E-state index contributed by atoms with van der Waals surface area (Å²) in [7, 11) is -3.84. The predicted octanol–water partition coefficient (Wildman–Crippen LogP) is 3.06. The van der Waals surface area contributed by atoms with Gasteiger partial charge in [-0.05, 0) is 42.8 Å². The predicted molar refractivity (Wildman–Crippen MR) is 100 cm³/mol. The topological polar surface area (TPSA) is 75.7 Å². The van der Waals surface area contributed by atoms with Gasteiger partial charge in [0.25, 0.3) is 5.91 Å². The smallest absolute Gasteiger partial charge is 0.258 e. The lowest BCUT2D eigenvalue weighted by Gasteiger charge is -2.26. The van der Waals surface area contributed by atoms with Gasteiger partial charge in [-0.15, -0.1) is 0 Å². The molecule has 0 bridgehead atoms. The standard InChI is InChI=1S/C18H18ClFN2O4S/c1-12-2-5-17(15(19)10-12)21-18(23)14-11-13(3-4-16(14)20)27(24,25)22-6-8-26-9-7-22/h2-5,10-11H,6-9H2,1H3,(H,21,23). The summed E-state index contributed by atoms with van der Waals surface area (Å²) < 4.78 is 46.0. The summed E-state index contributed by atoms with van der Waals surface area (Å²) in [6.45, 7) is 2.84. The second kappa shape index (κ2) is 7.93. The largest absolute Gasteiger partial charge is 0.379 e. The highest BCUT2D eigenvalue weighted by molar-refractivity contribution is 7.89. The lowest BCUT2D eigenvalue weighted by molar-refractivity contribution is 0.0730.